The van der Waals surface area contributed by atoms with Crippen LogP contribution in [0.5, 0.6) is 0 Å². The van der Waals surface area contributed by atoms with Crippen molar-refractivity contribution in [3.05, 3.63) is 0 Å². The van der Waals surface area contributed by atoms with E-state index in [1.54, 1.807) is 0 Å². The maximum absolute atomic E-state index is 5.80. The van der Waals surface area contributed by atoms with Crippen LogP contribution >= 0.6 is 0 Å². The Balaban J connectivity index is 1.75. The summed E-state index contributed by atoms with van der Waals surface area (Å²) in [6, 6.07) is 1.22. The Kier molecular flexibility index (Phi) is 5.22. The smallest absolute Gasteiger partial charge is 0.0634 e. The highest BCUT2D eigenvalue weighted by molar-refractivity contribution is 4.80. The second-order valence-corrected chi connectivity index (χ2v) is 5.42. The van der Waals surface area contributed by atoms with Crippen molar-refractivity contribution in [3.8, 4) is 0 Å². The number of morpholine rings is 1. The SMILES string of the molecule is CN1CCCCC1CCN1CCOCC1CN. The molecule has 4 nitrogen and oxygen atoms in total. The van der Waals surface area contributed by atoms with Gasteiger partial charge in [0.2, 0.25) is 0 Å². The highest BCUT2D eigenvalue weighted by Gasteiger charge is 2.24. The zero-order valence-electron chi connectivity index (χ0n) is 11.1. The van der Waals surface area contributed by atoms with Crippen molar-refractivity contribution in [2.24, 2.45) is 5.73 Å². The van der Waals surface area contributed by atoms with Gasteiger partial charge in [-0.2, -0.15) is 0 Å². The quantitative estimate of drug-likeness (QED) is 0.779. The topological polar surface area (TPSA) is 41.7 Å². The van der Waals surface area contributed by atoms with Gasteiger partial charge in [0, 0.05) is 31.7 Å². The van der Waals surface area contributed by atoms with E-state index >= 15 is 0 Å². The molecule has 17 heavy (non-hydrogen) atoms. The fraction of sp³-hybridized carbons (Fsp3) is 1.00. The van der Waals surface area contributed by atoms with Gasteiger partial charge in [-0.25, -0.2) is 0 Å². The number of ether oxygens (including phenoxy) is 1. The fourth-order valence-corrected chi connectivity index (χ4v) is 3.02. The molecule has 2 saturated heterocycles. The predicted molar refractivity (Wildman–Crippen MR) is 70.1 cm³/mol. The highest BCUT2D eigenvalue weighted by Crippen LogP contribution is 2.19. The lowest BCUT2D eigenvalue weighted by Gasteiger charge is -2.38. The molecule has 2 unspecified atom stereocenters. The molecule has 100 valence electrons. The van der Waals surface area contributed by atoms with Gasteiger partial charge in [0.15, 0.2) is 0 Å². The van der Waals surface area contributed by atoms with E-state index in [-0.39, 0.29) is 0 Å². The molecule has 2 rings (SSSR count). The minimum absolute atomic E-state index is 0.442. The molecule has 2 heterocycles. The van der Waals surface area contributed by atoms with Crippen LogP contribution in [0.4, 0.5) is 0 Å². The normalized spacial score (nSPS) is 32.8. The second kappa shape index (κ2) is 6.69. The van der Waals surface area contributed by atoms with Gasteiger partial charge in [-0.1, -0.05) is 6.42 Å². The lowest BCUT2D eigenvalue weighted by molar-refractivity contribution is -0.00811. The number of likely N-dealkylation sites (tertiary alicyclic amines) is 1. The number of rotatable bonds is 4. The second-order valence-electron chi connectivity index (χ2n) is 5.42. The van der Waals surface area contributed by atoms with Gasteiger partial charge in [-0.05, 0) is 32.9 Å². The predicted octanol–water partition coefficient (Wildman–Crippen LogP) is 0.520. The van der Waals surface area contributed by atoms with E-state index in [1.165, 1.54) is 38.8 Å². The number of hydrogen-bond acceptors (Lipinski definition) is 4. The third-order valence-electron chi connectivity index (χ3n) is 4.29. The van der Waals surface area contributed by atoms with Crippen molar-refractivity contribution in [2.75, 3.05) is 46.4 Å². The summed E-state index contributed by atoms with van der Waals surface area (Å²) < 4.78 is 5.48. The molecule has 0 radical (unpaired) electrons. The van der Waals surface area contributed by atoms with Crippen molar-refractivity contribution < 1.29 is 4.74 Å². The van der Waals surface area contributed by atoms with Gasteiger partial charge in [-0.15, -0.1) is 0 Å². The Morgan fingerprint density at radius 1 is 1.24 bits per heavy atom. The summed E-state index contributed by atoms with van der Waals surface area (Å²) >= 11 is 0. The summed E-state index contributed by atoms with van der Waals surface area (Å²) in [5, 5.41) is 0. The van der Waals surface area contributed by atoms with E-state index in [4.69, 9.17) is 10.5 Å². The summed E-state index contributed by atoms with van der Waals surface area (Å²) in [5.41, 5.74) is 5.80. The Hall–Kier alpha value is -0.160. The van der Waals surface area contributed by atoms with Crippen molar-refractivity contribution in [3.63, 3.8) is 0 Å². The van der Waals surface area contributed by atoms with Gasteiger partial charge in [0.05, 0.1) is 13.2 Å². The van der Waals surface area contributed by atoms with Crippen LogP contribution < -0.4 is 5.73 Å². The lowest BCUT2D eigenvalue weighted by atomic mass is 9.99. The van der Waals surface area contributed by atoms with Gasteiger partial charge < -0.3 is 15.4 Å². The first-order valence-corrected chi connectivity index (χ1v) is 7.03. The van der Waals surface area contributed by atoms with E-state index in [0.717, 1.165) is 32.3 Å². The summed E-state index contributed by atoms with van der Waals surface area (Å²) in [6.45, 7) is 5.92. The Morgan fingerprint density at radius 2 is 2.12 bits per heavy atom. The van der Waals surface area contributed by atoms with Crippen molar-refractivity contribution in [1.82, 2.24) is 9.80 Å². The molecule has 0 saturated carbocycles. The molecule has 2 aliphatic rings. The number of nitrogens with zero attached hydrogens (tertiary/aromatic N) is 2. The van der Waals surface area contributed by atoms with Gasteiger partial charge in [0.1, 0.15) is 0 Å². The first kappa shape index (κ1) is 13.3. The fourth-order valence-electron chi connectivity index (χ4n) is 3.02. The average Bonchev–Trinajstić information content (AvgIpc) is 2.38. The number of piperidine rings is 1. The maximum Gasteiger partial charge on any atom is 0.0634 e. The van der Waals surface area contributed by atoms with Crippen LogP contribution in [-0.4, -0.2) is 68.3 Å². The largest absolute Gasteiger partial charge is 0.378 e. The van der Waals surface area contributed by atoms with Gasteiger partial charge in [-0.3, -0.25) is 4.90 Å². The molecule has 0 aromatic rings. The van der Waals surface area contributed by atoms with E-state index in [2.05, 4.69) is 16.8 Å². The Labute approximate surface area is 105 Å². The summed E-state index contributed by atoms with van der Waals surface area (Å²) in [6.07, 6.45) is 5.43. The molecule has 2 aliphatic heterocycles. The van der Waals surface area contributed by atoms with Crippen molar-refractivity contribution >= 4 is 0 Å². The highest BCUT2D eigenvalue weighted by atomic mass is 16.5. The van der Waals surface area contributed by atoms with Crippen LogP contribution in [-0.2, 0) is 4.74 Å². The monoisotopic (exact) mass is 241 g/mol. The Bertz CT molecular complexity index is 225. The van der Waals surface area contributed by atoms with E-state index in [1.807, 2.05) is 0 Å². The van der Waals surface area contributed by atoms with E-state index < -0.39 is 0 Å². The lowest BCUT2D eigenvalue weighted by Crippen LogP contribution is -2.50. The van der Waals surface area contributed by atoms with Crippen LogP contribution in [0.25, 0.3) is 0 Å². The van der Waals surface area contributed by atoms with Gasteiger partial charge in [0.25, 0.3) is 0 Å². The Morgan fingerprint density at radius 3 is 2.88 bits per heavy atom. The molecule has 0 aliphatic carbocycles. The number of hydrogen-bond donors (Lipinski definition) is 1. The van der Waals surface area contributed by atoms with Gasteiger partial charge >= 0.3 is 0 Å². The molecule has 0 aromatic heterocycles. The molecular weight excluding hydrogens is 214 g/mol. The average molecular weight is 241 g/mol. The summed E-state index contributed by atoms with van der Waals surface area (Å²) in [5.74, 6) is 0. The minimum atomic E-state index is 0.442. The molecule has 2 N–H and O–H groups in total. The molecule has 0 aromatic carbocycles. The number of nitrogens with two attached hydrogens (primary N) is 1. The van der Waals surface area contributed by atoms with E-state index in [9.17, 15) is 0 Å². The summed E-state index contributed by atoms with van der Waals surface area (Å²) in [4.78, 5) is 5.05. The molecule has 2 fully saturated rings. The third-order valence-corrected chi connectivity index (χ3v) is 4.29. The molecule has 0 bridgehead atoms. The molecular formula is C13H27N3O. The first-order chi connectivity index (χ1) is 8.31. The zero-order chi connectivity index (χ0) is 12.1. The summed E-state index contributed by atoms with van der Waals surface area (Å²) in [7, 11) is 2.27. The minimum Gasteiger partial charge on any atom is -0.378 e. The van der Waals surface area contributed by atoms with Crippen LogP contribution in [0.3, 0.4) is 0 Å². The molecule has 0 amide bonds. The molecule has 0 spiro atoms. The van der Waals surface area contributed by atoms with Crippen LogP contribution in [0.1, 0.15) is 25.7 Å². The van der Waals surface area contributed by atoms with Crippen LogP contribution in [0.15, 0.2) is 0 Å². The van der Waals surface area contributed by atoms with Crippen LogP contribution in [0, 0.1) is 0 Å². The molecule has 2 atom stereocenters. The van der Waals surface area contributed by atoms with Crippen molar-refractivity contribution in [2.45, 2.75) is 37.8 Å². The molecule has 4 heteroatoms. The third kappa shape index (κ3) is 3.65. The van der Waals surface area contributed by atoms with Crippen molar-refractivity contribution in [1.29, 1.82) is 0 Å². The first-order valence-electron chi connectivity index (χ1n) is 7.03. The maximum atomic E-state index is 5.80. The van der Waals surface area contributed by atoms with E-state index in [0.29, 0.717) is 6.04 Å². The zero-order valence-corrected chi connectivity index (χ0v) is 11.1. The van der Waals surface area contributed by atoms with Crippen LogP contribution in [0.2, 0.25) is 0 Å². The standard InChI is InChI=1S/C13H27N3O/c1-15-6-3-2-4-12(15)5-7-16-8-9-17-11-13(16)10-14/h12-13H,2-11,14H2,1H3.